The van der Waals surface area contributed by atoms with Crippen LogP contribution in [0.5, 0.6) is 5.75 Å². The fourth-order valence-electron chi connectivity index (χ4n) is 3.04. The van der Waals surface area contributed by atoms with Crippen molar-refractivity contribution >= 4 is 21.6 Å². The number of benzene rings is 2. The molecule has 1 N–H and O–H groups in total. The molecule has 2 aromatic heterocycles. The van der Waals surface area contributed by atoms with Crippen LogP contribution in [0.4, 0.5) is 4.39 Å². The molecule has 0 fully saturated rings. The van der Waals surface area contributed by atoms with E-state index >= 15 is 0 Å². The SMILES string of the molecule is N#Cc1ccc(OC[C@@H](O)Cn2cnc3scc(-c4ccc(F)cc4)c3c2=O)cc1. The summed E-state index contributed by atoms with van der Waals surface area (Å²) in [7, 11) is 0. The monoisotopic (exact) mass is 421 g/mol. The molecule has 0 aliphatic heterocycles. The first-order chi connectivity index (χ1) is 14.5. The van der Waals surface area contributed by atoms with Gasteiger partial charge in [-0.3, -0.25) is 9.36 Å². The van der Waals surface area contributed by atoms with Crippen molar-refractivity contribution in [2.45, 2.75) is 12.6 Å². The number of nitrogens with zero attached hydrogens (tertiary/aromatic N) is 3. The molecule has 0 spiro atoms. The van der Waals surface area contributed by atoms with Gasteiger partial charge in [-0.25, -0.2) is 9.37 Å². The molecule has 0 unspecified atom stereocenters. The molecule has 0 aliphatic rings. The number of aliphatic hydroxyl groups is 1. The van der Waals surface area contributed by atoms with Crippen molar-refractivity contribution in [2.75, 3.05) is 6.61 Å². The Hall–Kier alpha value is -3.54. The van der Waals surface area contributed by atoms with Gasteiger partial charge in [0.05, 0.1) is 29.9 Å². The Morgan fingerprint density at radius 1 is 1.20 bits per heavy atom. The van der Waals surface area contributed by atoms with E-state index in [1.807, 2.05) is 11.4 Å². The van der Waals surface area contributed by atoms with Crippen molar-refractivity contribution in [3.05, 3.63) is 82.0 Å². The highest BCUT2D eigenvalue weighted by molar-refractivity contribution is 7.17. The highest BCUT2D eigenvalue weighted by atomic mass is 32.1. The van der Waals surface area contributed by atoms with Gasteiger partial charge in [-0.1, -0.05) is 12.1 Å². The van der Waals surface area contributed by atoms with E-state index in [1.165, 1.54) is 34.4 Å². The smallest absolute Gasteiger partial charge is 0.262 e. The third kappa shape index (κ3) is 4.08. The lowest BCUT2D eigenvalue weighted by Gasteiger charge is -2.14. The lowest BCUT2D eigenvalue weighted by atomic mass is 10.1. The van der Waals surface area contributed by atoms with Crippen LogP contribution in [0.25, 0.3) is 21.3 Å². The van der Waals surface area contributed by atoms with Gasteiger partial charge in [-0.05, 0) is 42.0 Å². The second-order valence-electron chi connectivity index (χ2n) is 6.64. The second-order valence-corrected chi connectivity index (χ2v) is 7.50. The number of hydrogen-bond acceptors (Lipinski definition) is 6. The van der Waals surface area contributed by atoms with Gasteiger partial charge in [0.2, 0.25) is 0 Å². The summed E-state index contributed by atoms with van der Waals surface area (Å²) in [5.74, 6) is 0.171. The second kappa shape index (κ2) is 8.45. The van der Waals surface area contributed by atoms with E-state index < -0.39 is 6.10 Å². The third-order valence-corrected chi connectivity index (χ3v) is 5.44. The number of fused-ring (bicyclic) bond motifs is 1. The summed E-state index contributed by atoms with van der Waals surface area (Å²) in [5, 5.41) is 21.4. The average molecular weight is 421 g/mol. The molecule has 150 valence electrons. The molecule has 0 amide bonds. The van der Waals surface area contributed by atoms with Gasteiger partial charge in [0.1, 0.15) is 29.1 Å². The van der Waals surface area contributed by atoms with Crippen LogP contribution in [-0.2, 0) is 6.54 Å². The highest BCUT2D eigenvalue weighted by Crippen LogP contribution is 2.30. The number of aromatic nitrogens is 2. The Bertz CT molecular complexity index is 1270. The van der Waals surface area contributed by atoms with E-state index in [4.69, 9.17) is 10.00 Å². The maximum atomic E-state index is 13.2. The molecule has 2 aromatic carbocycles. The summed E-state index contributed by atoms with van der Waals surface area (Å²) in [6.07, 6.45) is 0.464. The molecule has 0 saturated heterocycles. The Balaban J connectivity index is 1.53. The molecule has 0 radical (unpaired) electrons. The number of rotatable bonds is 6. The fourth-order valence-corrected chi connectivity index (χ4v) is 3.94. The largest absolute Gasteiger partial charge is 0.491 e. The molecule has 8 heteroatoms. The van der Waals surface area contributed by atoms with Crippen LogP contribution >= 0.6 is 11.3 Å². The summed E-state index contributed by atoms with van der Waals surface area (Å²) < 4.78 is 20.1. The number of nitriles is 1. The van der Waals surface area contributed by atoms with E-state index in [0.29, 0.717) is 27.1 Å². The van der Waals surface area contributed by atoms with Crippen LogP contribution in [-0.4, -0.2) is 27.4 Å². The third-order valence-electron chi connectivity index (χ3n) is 4.55. The van der Waals surface area contributed by atoms with E-state index in [-0.39, 0.29) is 24.5 Å². The van der Waals surface area contributed by atoms with Crippen LogP contribution in [0.2, 0.25) is 0 Å². The Labute approximate surface area is 175 Å². The molecule has 0 bridgehead atoms. The maximum absolute atomic E-state index is 13.2. The summed E-state index contributed by atoms with van der Waals surface area (Å²) in [4.78, 5) is 17.9. The summed E-state index contributed by atoms with van der Waals surface area (Å²) >= 11 is 1.34. The van der Waals surface area contributed by atoms with Crippen LogP contribution in [0.3, 0.4) is 0 Å². The van der Waals surface area contributed by atoms with Crippen LogP contribution in [0, 0.1) is 17.1 Å². The van der Waals surface area contributed by atoms with Crippen molar-refractivity contribution in [2.24, 2.45) is 0 Å². The van der Waals surface area contributed by atoms with E-state index in [0.717, 1.165) is 5.56 Å². The standard InChI is InChI=1S/C22H16FN3O3S/c23-16-5-3-15(4-6-16)19-12-30-21-20(19)22(28)26(13-25-21)10-17(27)11-29-18-7-1-14(9-24)2-8-18/h1-8,12-13,17,27H,10-11H2/t17-/m0/s1. The van der Waals surface area contributed by atoms with Gasteiger partial charge in [0, 0.05) is 10.9 Å². The van der Waals surface area contributed by atoms with Gasteiger partial charge in [-0.2, -0.15) is 5.26 Å². The van der Waals surface area contributed by atoms with Gasteiger partial charge in [-0.15, -0.1) is 11.3 Å². The van der Waals surface area contributed by atoms with Crippen molar-refractivity contribution < 1.29 is 14.2 Å². The first-order valence-corrected chi connectivity index (χ1v) is 9.96. The van der Waals surface area contributed by atoms with E-state index in [1.54, 1.807) is 36.4 Å². The number of thiophene rings is 1. The lowest BCUT2D eigenvalue weighted by Crippen LogP contribution is -2.30. The molecule has 4 aromatic rings. The minimum atomic E-state index is -0.939. The molecule has 2 heterocycles. The zero-order valence-corrected chi connectivity index (χ0v) is 16.5. The number of ether oxygens (including phenoxy) is 1. The van der Waals surface area contributed by atoms with Crippen molar-refractivity contribution in [1.29, 1.82) is 5.26 Å². The predicted octanol–water partition coefficient (Wildman–Crippen LogP) is 3.58. The molecular weight excluding hydrogens is 405 g/mol. The summed E-state index contributed by atoms with van der Waals surface area (Å²) in [6, 6.07) is 14.5. The van der Waals surface area contributed by atoms with Crippen molar-refractivity contribution in [1.82, 2.24) is 9.55 Å². The van der Waals surface area contributed by atoms with Crippen molar-refractivity contribution in [3.63, 3.8) is 0 Å². The average Bonchev–Trinajstić information content (AvgIpc) is 3.20. The quantitative estimate of drug-likeness (QED) is 0.514. The molecule has 0 aliphatic carbocycles. The number of halogens is 1. The Morgan fingerprint density at radius 2 is 1.93 bits per heavy atom. The Morgan fingerprint density at radius 3 is 2.63 bits per heavy atom. The van der Waals surface area contributed by atoms with Gasteiger partial charge in [0.25, 0.3) is 5.56 Å². The topological polar surface area (TPSA) is 88.1 Å². The van der Waals surface area contributed by atoms with Crippen LogP contribution < -0.4 is 10.3 Å². The normalized spacial score (nSPS) is 11.9. The van der Waals surface area contributed by atoms with Crippen LogP contribution in [0.1, 0.15) is 5.56 Å². The zero-order chi connectivity index (χ0) is 21.1. The minimum absolute atomic E-state index is 0.0107. The zero-order valence-electron chi connectivity index (χ0n) is 15.7. The lowest BCUT2D eigenvalue weighted by molar-refractivity contribution is 0.0915. The molecule has 30 heavy (non-hydrogen) atoms. The fraction of sp³-hybridized carbons (Fsp3) is 0.136. The molecule has 6 nitrogen and oxygen atoms in total. The molecule has 1 atom stereocenters. The van der Waals surface area contributed by atoms with Crippen LogP contribution in [0.15, 0.2) is 65.0 Å². The number of hydrogen-bond donors (Lipinski definition) is 1. The summed E-state index contributed by atoms with van der Waals surface area (Å²) in [6.45, 7) is -0.0123. The predicted molar refractivity (Wildman–Crippen MR) is 112 cm³/mol. The van der Waals surface area contributed by atoms with Crippen molar-refractivity contribution in [3.8, 4) is 22.9 Å². The first-order valence-electron chi connectivity index (χ1n) is 9.09. The molecular formula is C22H16FN3O3S. The molecule has 4 rings (SSSR count). The van der Waals surface area contributed by atoms with Gasteiger partial charge >= 0.3 is 0 Å². The highest BCUT2D eigenvalue weighted by Gasteiger charge is 2.15. The van der Waals surface area contributed by atoms with Gasteiger partial charge < -0.3 is 9.84 Å². The van der Waals surface area contributed by atoms with E-state index in [2.05, 4.69) is 4.98 Å². The Kier molecular flexibility index (Phi) is 5.57. The number of aliphatic hydroxyl groups excluding tert-OH is 1. The first kappa shape index (κ1) is 19.8. The minimum Gasteiger partial charge on any atom is -0.491 e. The summed E-state index contributed by atoms with van der Waals surface area (Å²) in [5.41, 5.74) is 1.65. The van der Waals surface area contributed by atoms with E-state index in [9.17, 15) is 14.3 Å². The van der Waals surface area contributed by atoms with Gasteiger partial charge in [0.15, 0.2) is 0 Å². The maximum Gasteiger partial charge on any atom is 0.262 e. The molecule has 0 saturated carbocycles.